The summed E-state index contributed by atoms with van der Waals surface area (Å²) in [5.41, 5.74) is 5.56. The second-order valence-electron chi connectivity index (χ2n) is 26.0. The molecule has 11 amide bonds. The van der Waals surface area contributed by atoms with Crippen molar-refractivity contribution in [2.75, 3.05) is 61.2 Å². The zero-order chi connectivity index (χ0) is 70.2. The largest absolute Gasteiger partial charge is 0.478 e. The molecule has 90 heavy (non-hydrogen) atoms. The molecule has 0 aromatic heterocycles. The fourth-order valence-corrected chi connectivity index (χ4v) is 11.2. The molecule has 0 spiro atoms. The first-order valence-corrected chi connectivity index (χ1v) is 30.9. The van der Waals surface area contributed by atoms with Crippen LogP contribution in [0.2, 0.25) is 0 Å². The summed E-state index contributed by atoms with van der Waals surface area (Å²) in [5.74, 6) is -13.1. The number of rotatable bonds is 33. The van der Waals surface area contributed by atoms with Crippen molar-refractivity contribution in [1.82, 2.24) is 50.2 Å². The van der Waals surface area contributed by atoms with E-state index in [-0.39, 0.29) is 11.3 Å². The molecule has 0 saturated carbocycles. The van der Waals surface area contributed by atoms with Crippen LogP contribution in [-0.4, -0.2) is 249 Å². The maximum Gasteiger partial charge on any atom is 0.337 e. The lowest BCUT2D eigenvalue weighted by Gasteiger charge is -2.42. The summed E-state index contributed by atoms with van der Waals surface area (Å²) in [6.45, 7) is 27.4. The number of carbonyl (C=O) groups excluding carboxylic acids is 11. The van der Waals surface area contributed by atoms with E-state index < -0.39 is 192 Å². The van der Waals surface area contributed by atoms with Gasteiger partial charge in [-0.3, -0.25) is 52.7 Å². The predicted molar refractivity (Wildman–Crippen MR) is 340 cm³/mol. The average Bonchev–Trinajstić information content (AvgIpc) is 1.01. The van der Waals surface area contributed by atoms with Crippen molar-refractivity contribution in [3.8, 4) is 0 Å². The Morgan fingerprint density at radius 3 is 1.12 bits per heavy atom. The number of aliphatic hydroxyl groups is 2. The number of likely N-dealkylation sites (N-methyl/N-ethyl adjacent to an activating group) is 7. The van der Waals surface area contributed by atoms with Crippen LogP contribution in [0.4, 0.5) is 5.69 Å². The van der Waals surface area contributed by atoms with Crippen LogP contribution in [0.25, 0.3) is 0 Å². The maximum absolute atomic E-state index is 15.0. The van der Waals surface area contributed by atoms with E-state index in [0.29, 0.717) is 6.42 Å². The Hall–Kier alpha value is -7.26. The van der Waals surface area contributed by atoms with E-state index in [1.165, 1.54) is 108 Å². The standard InChI is InChI=1S/C63H108N12O15/c1-25-37(14)45(57(83)72(21)49(34(8)9)59(85)69(18)30-43(78)65-42-29-27-26-28-41(42)63(89)90)67-55(81)48(33(6)7)70(19)60(86)51(36(12)13)74(23)61(87)50(35(10)11)73(22)56(82)44(31(2)3)66-54(80)47(32(4)5)71(20)62(88)52(40(17)77)75(24)58(84)46(39(16)76)68-53(79)38(15)64/h26-29,31-40,44-52,76-77H,25,30,64H2,1-24H3,(H,65,78)(H,66,80)(H,67,81)(H,68,79)(H,89,90)/t37-,38-,39+,40+,44-,45-,46-,47-,48-,49-,50-,51-,52-/m0/s1. The number of para-hydroxylation sites is 1. The zero-order valence-electron chi connectivity index (χ0n) is 57.6. The van der Waals surface area contributed by atoms with E-state index in [9.17, 15) is 68.1 Å². The van der Waals surface area contributed by atoms with Crippen LogP contribution >= 0.6 is 0 Å². The Balaban J connectivity index is 3.61. The highest BCUT2D eigenvalue weighted by Crippen LogP contribution is 2.25. The number of amides is 11. The molecule has 0 heterocycles. The van der Waals surface area contributed by atoms with E-state index in [2.05, 4.69) is 21.3 Å². The number of carbonyl (C=O) groups is 12. The van der Waals surface area contributed by atoms with E-state index in [1.807, 2.05) is 6.92 Å². The fraction of sp³-hybridized carbons (Fsp3) is 0.714. The van der Waals surface area contributed by atoms with Gasteiger partial charge in [0.2, 0.25) is 65.0 Å². The van der Waals surface area contributed by atoms with E-state index >= 15 is 4.79 Å². The number of carboxylic acid groups (broad SMARTS) is 1. The van der Waals surface area contributed by atoms with Gasteiger partial charge in [-0.25, -0.2) is 4.79 Å². The van der Waals surface area contributed by atoms with Gasteiger partial charge in [-0.15, -0.1) is 0 Å². The van der Waals surface area contributed by atoms with Gasteiger partial charge in [-0.1, -0.05) is 115 Å². The molecular formula is C63H108N12O15. The zero-order valence-corrected chi connectivity index (χ0v) is 57.6. The lowest BCUT2D eigenvalue weighted by Crippen LogP contribution is -2.64. The molecule has 0 bridgehead atoms. The molecule has 27 heteroatoms. The lowest BCUT2D eigenvalue weighted by atomic mass is 9.93. The number of aliphatic hydroxyl groups excluding tert-OH is 2. The van der Waals surface area contributed by atoms with Crippen LogP contribution in [-0.2, 0) is 52.7 Å². The van der Waals surface area contributed by atoms with Gasteiger partial charge in [-0.05, 0) is 74.3 Å². The minimum atomic E-state index is -1.62. The van der Waals surface area contributed by atoms with Crippen LogP contribution in [0.1, 0.15) is 134 Å². The predicted octanol–water partition coefficient (Wildman–Crippen LogP) is 1.29. The molecule has 1 aromatic rings. The highest BCUT2D eigenvalue weighted by Gasteiger charge is 2.46. The van der Waals surface area contributed by atoms with Crippen molar-refractivity contribution in [2.45, 2.75) is 197 Å². The Morgan fingerprint density at radius 2 is 0.756 bits per heavy atom. The van der Waals surface area contributed by atoms with E-state index in [0.717, 1.165) is 14.7 Å². The molecule has 1 aromatic carbocycles. The number of hydrogen-bond acceptors (Lipinski definition) is 15. The molecule has 0 aliphatic rings. The van der Waals surface area contributed by atoms with Crippen molar-refractivity contribution in [3.05, 3.63) is 29.8 Å². The van der Waals surface area contributed by atoms with Crippen molar-refractivity contribution < 1.29 is 72.9 Å². The molecule has 0 unspecified atom stereocenters. The number of nitrogens with one attached hydrogen (secondary N) is 4. The maximum atomic E-state index is 15.0. The van der Waals surface area contributed by atoms with Crippen molar-refractivity contribution in [1.29, 1.82) is 0 Å². The van der Waals surface area contributed by atoms with Gasteiger partial charge in [0.25, 0.3) is 0 Å². The van der Waals surface area contributed by atoms with Crippen LogP contribution in [0.5, 0.6) is 0 Å². The highest BCUT2D eigenvalue weighted by atomic mass is 16.4. The van der Waals surface area contributed by atoms with Crippen molar-refractivity contribution in [3.63, 3.8) is 0 Å². The number of nitrogens with two attached hydrogens (primary N) is 1. The first kappa shape index (κ1) is 80.8. The molecule has 27 nitrogen and oxygen atoms in total. The minimum absolute atomic E-state index is 0.0358. The summed E-state index contributed by atoms with van der Waals surface area (Å²) < 4.78 is 0. The quantitative estimate of drug-likeness (QED) is 0.0492. The average molecular weight is 1270 g/mol. The molecule has 0 aliphatic carbocycles. The first-order chi connectivity index (χ1) is 41.4. The molecule has 510 valence electrons. The highest BCUT2D eigenvalue weighted by molar-refractivity contribution is 6.03. The molecule has 0 saturated heterocycles. The number of anilines is 1. The second-order valence-corrected chi connectivity index (χ2v) is 26.0. The van der Waals surface area contributed by atoms with Crippen LogP contribution < -0.4 is 27.0 Å². The van der Waals surface area contributed by atoms with Gasteiger partial charge in [0.1, 0.15) is 54.4 Å². The number of carboxylic acids is 1. The summed E-state index contributed by atoms with van der Waals surface area (Å²) in [6.07, 6.45) is -2.56. The van der Waals surface area contributed by atoms with Crippen LogP contribution in [0, 0.1) is 41.4 Å². The van der Waals surface area contributed by atoms with Gasteiger partial charge >= 0.3 is 5.97 Å². The Kier molecular flexibility index (Phi) is 31.7. The summed E-state index contributed by atoms with van der Waals surface area (Å²) in [5, 5.41) is 41.6. The van der Waals surface area contributed by atoms with Crippen LogP contribution in [0.3, 0.4) is 0 Å². The summed E-state index contributed by atoms with van der Waals surface area (Å²) >= 11 is 0. The van der Waals surface area contributed by atoms with Crippen molar-refractivity contribution in [2.24, 2.45) is 47.2 Å². The summed E-state index contributed by atoms with van der Waals surface area (Å²) in [7, 11) is 9.56. The molecule has 0 aliphatic heterocycles. The molecule has 0 fully saturated rings. The third kappa shape index (κ3) is 20.6. The van der Waals surface area contributed by atoms with Crippen LogP contribution in [0.15, 0.2) is 24.3 Å². The monoisotopic (exact) mass is 1270 g/mol. The normalized spacial score (nSPS) is 16.0. The number of hydrogen-bond donors (Lipinski definition) is 8. The molecular weight excluding hydrogens is 1160 g/mol. The Bertz CT molecular complexity index is 2680. The second kappa shape index (κ2) is 35.4. The van der Waals surface area contributed by atoms with Gasteiger partial charge in [0, 0.05) is 49.3 Å². The Morgan fingerprint density at radius 1 is 0.422 bits per heavy atom. The van der Waals surface area contributed by atoms with Gasteiger partial charge in [0.15, 0.2) is 0 Å². The number of aromatic carboxylic acids is 1. The first-order valence-electron chi connectivity index (χ1n) is 30.9. The Labute approximate surface area is 532 Å². The third-order valence-electron chi connectivity index (χ3n) is 16.4. The van der Waals surface area contributed by atoms with Gasteiger partial charge < -0.3 is 76.6 Å². The minimum Gasteiger partial charge on any atom is -0.478 e. The molecule has 13 atom stereocenters. The number of benzene rings is 1. The fourth-order valence-electron chi connectivity index (χ4n) is 11.2. The molecule has 0 radical (unpaired) electrons. The topological polar surface area (TPSA) is 362 Å². The lowest BCUT2D eigenvalue weighted by molar-refractivity contribution is -0.156. The smallest absolute Gasteiger partial charge is 0.337 e. The van der Waals surface area contributed by atoms with Crippen molar-refractivity contribution >= 4 is 76.6 Å². The van der Waals surface area contributed by atoms with Gasteiger partial charge in [-0.2, -0.15) is 0 Å². The molecule has 9 N–H and O–H groups in total. The summed E-state index contributed by atoms with van der Waals surface area (Å²) in [4.78, 5) is 176. The van der Waals surface area contributed by atoms with E-state index in [4.69, 9.17) is 5.73 Å². The number of nitrogens with zero attached hydrogens (tertiary/aromatic N) is 7. The SMILES string of the molecule is CC[C@H](C)[C@H](NC(=O)[C@H](C(C)C)N(C)C(=O)[C@H](C(C)C)N(C)C(=O)[C@H](C(C)C)N(C)C(=O)[C@@H](NC(=O)[C@H](C(C)C)N(C)C(=O)[C@H]([C@@H](C)O)N(C)C(=O)[C@@H](NC(=O)[C@H](C)N)[C@@H](C)O)C(C)C)C(=O)N(C)[C@H](C(=O)N(C)CC(=O)Nc1ccccc1C(=O)O)C(C)C. The molecule has 1 rings (SSSR count). The summed E-state index contributed by atoms with van der Waals surface area (Å²) in [6, 6.07) is -7.00. The van der Waals surface area contributed by atoms with E-state index in [1.54, 1.807) is 96.1 Å². The third-order valence-corrected chi connectivity index (χ3v) is 16.4. The van der Waals surface area contributed by atoms with Gasteiger partial charge in [0.05, 0.1) is 36.0 Å².